The number of nitrogens with one attached hydrogen (secondary N) is 1. The van der Waals surface area contributed by atoms with Crippen LogP contribution in [-0.4, -0.2) is 23.0 Å². The van der Waals surface area contributed by atoms with Crippen LogP contribution in [0.5, 0.6) is 5.75 Å². The Balaban J connectivity index is 1.62. The molecule has 0 heterocycles. The number of nitrogens with zero attached hydrogens (tertiary/aromatic N) is 2. The molecule has 8 heteroatoms. The van der Waals surface area contributed by atoms with Gasteiger partial charge in [-0.25, -0.2) is 10.2 Å². The van der Waals surface area contributed by atoms with Crippen molar-refractivity contribution in [3.8, 4) is 5.75 Å². The first kappa shape index (κ1) is 22.3. The van der Waals surface area contributed by atoms with E-state index in [-0.39, 0.29) is 17.0 Å². The highest BCUT2D eigenvalue weighted by molar-refractivity contribution is 6.04. The number of fused-ring (bicyclic) bond motifs is 1. The molecular formula is C26H19N3O5. The number of aryl methyl sites for hydroxylation is 1. The second-order valence-electron chi connectivity index (χ2n) is 7.46. The number of benzene rings is 4. The van der Waals surface area contributed by atoms with E-state index < -0.39 is 16.8 Å². The molecule has 0 aliphatic carbocycles. The number of carbonyl (C=O) groups is 2. The molecule has 0 saturated heterocycles. The number of esters is 1. The molecule has 0 spiro atoms. The molecule has 0 aliphatic rings. The van der Waals surface area contributed by atoms with E-state index in [4.69, 9.17) is 4.74 Å². The molecule has 4 aromatic rings. The summed E-state index contributed by atoms with van der Waals surface area (Å²) in [5.41, 5.74) is 4.10. The maximum atomic E-state index is 12.7. The molecule has 0 fully saturated rings. The predicted molar refractivity (Wildman–Crippen MR) is 128 cm³/mol. The van der Waals surface area contributed by atoms with E-state index in [0.717, 1.165) is 22.4 Å². The van der Waals surface area contributed by atoms with Gasteiger partial charge in [-0.15, -0.1) is 0 Å². The molecule has 0 unspecified atom stereocenters. The zero-order valence-corrected chi connectivity index (χ0v) is 18.1. The largest absolute Gasteiger partial charge is 0.422 e. The van der Waals surface area contributed by atoms with Crippen molar-refractivity contribution < 1.29 is 19.2 Å². The molecule has 0 aliphatic heterocycles. The van der Waals surface area contributed by atoms with Crippen LogP contribution in [-0.2, 0) is 0 Å². The number of non-ortho nitro benzene ring substituents is 1. The van der Waals surface area contributed by atoms with E-state index in [1.165, 1.54) is 24.4 Å². The van der Waals surface area contributed by atoms with Crippen LogP contribution in [0, 0.1) is 17.0 Å². The molecule has 1 amide bonds. The van der Waals surface area contributed by atoms with Gasteiger partial charge in [0.15, 0.2) is 0 Å². The Morgan fingerprint density at radius 3 is 2.50 bits per heavy atom. The molecule has 4 aromatic carbocycles. The number of hydrazone groups is 1. The summed E-state index contributed by atoms with van der Waals surface area (Å²) in [6.45, 7) is 1.88. The quantitative estimate of drug-likeness (QED) is 0.145. The van der Waals surface area contributed by atoms with Gasteiger partial charge in [-0.1, -0.05) is 54.1 Å². The van der Waals surface area contributed by atoms with E-state index in [1.54, 1.807) is 24.3 Å². The second kappa shape index (κ2) is 9.74. The third-order valence-electron chi connectivity index (χ3n) is 5.07. The Bertz CT molecular complexity index is 1450. The molecule has 8 nitrogen and oxygen atoms in total. The number of hydrogen-bond acceptors (Lipinski definition) is 6. The van der Waals surface area contributed by atoms with Crippen LogP contribution in [0.4, 0.5) is 5.69 Å². The van der Waals surface area contributed by atoms with Crippen LogP contribution in [0.15, 0.2) is 90.0 Å². The lowest BCUT2D eigenvalue weighted by Gasteiger charge is -2.11. The van der Waals surface area contributed by atoms with Crippen LogP contribution in [0.2, 0.25) is 0 Å². The molecule has 0 aromatic heterocycles. The number of amides is 1. The number of nitro benzene ring substituents is 1. The summed E-state index contributed by atoms with van der Waals surface area (Å²) in [4.78, 5) is 35.5. The summed E-state index contributed by atoms with van der Waals surface area (Å²) in [6.07, 6.45) is 1.39. The van der Waals surface area contributed by atoms with Gasteiger partial charge in [0.05, 0.1) is 16.7 Å². The summed E-state index contributed by atoms with van der Waals surface area (Å²) in [6, 6.07) is 23.4. The molecule has 34 heavy (non-hydrogen) atoms. The Kier molecular flexibility index (Phi) is 6.40. The first-order chi connectivity index (χ1) is 16.4. The van der Waals surface area contributed by atoms with E-state index in [9.17, 15) is 19.7 Å². The highest BCUT2D eigenvalue weighted by Crippen LogP contribution is 2.27. The van der Waals surface area contributed by atoms with Crippen LogP contribution in [0.1, 0.15) is 31.8 Å². The summed E-state index contributed by atoms with van der Waals surface area (Å²) < 4.78 is 5.66. The van der Waals surface area contributed by atoms with E-state index in [2.05, 4.69) is 10.5 Å². The number of carbonyl (C=O) groups excluding carboxylic acids is 2. The number of hydrogen-bond donors (Lipinski definition) is 1. The van der Waals surface area contributed by atoms with Gasteiger partial charge in [-0.05, 0) is 42.0 Å². The average molecular weight is 453 g/mol. The van der Waals surface area contributed by atoms with Crippen molar-refractivity contribution in [1.82, 2.24) is 5.43 Å². The average Bonchev–Trinajstić information content (AvgIpc) is 2.85. The molecule has 4 rings (SSSR count). The van der Waals surface area contributed by atoms with Gasteiger partial charge in [0, 0.05) is 23.3 Å². The minimum absolute atomic E-state index is 0.0929. The van der Waals surface area contributed by atoms with Gasteiger partial charge in [0.2, 0.25) is 0 Å². The van der Waals surface area contributed by atoms with Crippen LogP contribution in [0.25, 0.3) is 10.8 Å². The Labute approximate surface area is 194 Å². The Hall–Kier alpha value is -4.85. The molecule has 0 bridgehead atoms. The second-order valence-corrected chi connectivity index (χ2v) is 7.46. The fourth-order valence-electron chi connectivity index (χ4n) is 3.41. The van der Waals surface area contributed by atoms with Crippen molar-refractivity contribution in [3.63, 3.8) is 0 Å². The van der Waals surface area contributed by atoms with Crippen LogP contribution < -0.4 is 10.2 Å². The summed E-state index contributed by atoms with van der Waals surface area (Å²) in [7, 11) is 0. The van der Waals surface area contributed by atoms with Crippen molar-refractivity contribution in [2.45, 2.75) is 6.92 Å². The van der Waals surface area contributed by atoms with E-state index >= 15 is 0 Å². The van der Waals surface area contributed by atoms with Gasteiger partial charge in [0.1, 0.15) is 5.75 Å². The molecule has 0 saturated carbocycles. The standard InChI is InChI=1S/C26H19N3O5/c1-17-6-4-9-20(14-17)26(31)34-24-13-12-18-7-2-3-11-22(18)23(24)16-27-28-25(30)19-8-5-10-21(15-19)29(32)33/h2-16H,1H3,(H,28,30)/b27-16+. The highest BCUT2D eigenvalue weighted by Gasteiger charge is 2.14. The first-order valence-electron chi connectivity index (χ1n) is 10.3. The topological polar surface area (TPSA) is 111 Å². The number of nitro groups is 1. The lowest BCUT2D eigenvalue weighted by molar-refractivity contribution is -0.384. The lowest BCUT2D eigenvalue weighted by atomic mass is 10.0. The third kappa shape index (κ3) is 4.97. The van der Waals surface area contributed by atoms with Crippen molar-refractivity contribution >= 4 is 34.6 Å². The van der Waals surface area contributed by atoms with Crippen molar-refractivity contribution in [3.05, 3.63) is 117 Å². The van der Waals surface area contributed by atoms with Crippen molar-refractivity contribution in [2.24, 2.45) is 5.10 Å². The Morgan fingerprint density at radius 1 is 0.941 bits per heavy atom. The predicted octanol–water partition coefficient (Wildman–Crippen LogP) is 5.04. The van der Waals surface area contributed by atoms with Crippen molar-refractivity contribution in [1.29, 1.82) is 0 Å². The SMILES string of the molecule is Cc1cccc(C(=O)Oc2ccc3ccccc3c2/C=N/NC(=O)c2cccc([N+](=O)[O-])c2)c1. The minimum Gasteiger partial charge on any atom is -0.422 e. The molecule has 168 valence electrons. The lowest BCUT2D eigenvalue weighted by Crippen LogP contribution is -2.18. The van der Waals surface area contributed by atoms with Gasteiger partial charge < -0.3 is 4.74 Å². The molecule has 0 radical (unpaired) electrons. The monoisotopic (exact) mass is 453 g/mol. The highest BCUT2D eigenvalue weighted by atomic mass is 16.6. The normalized spacial score (nSPS) is 10.9. The maximum Gasteiger partial charge on any atom is 0.343 e. The van der Waals surface area contributed by atoms with Gasteiger partial charge in [0.25, 0.3) is 11.6 Å². The summed E-state index contributed by atoms with van der Waals surface area (Å²) >= 11 is 0. The van der Waals surface area contributed by atoms with Crippen LogP contribution in [0.3, 0.4) is 0 Å². The molecule has 0 atom stereocenters. The zero-order chi connectivity index (χ0) is 24.1. The maximum absolute atomic E-state index is 12.7. The molecular weight excluding hydrogens is 434 g/mol. The summed E-state index contributed by atoms with van der Waals surface area (Å²) in [5.74, 6) is -0.855. The van der Waals surface area contributed by atoms with Gasteiger partial charge >= 0.3 is 5.97 Å². The summed E-state index contributed by atoms with van der Waals surface area (Å²) in [5, 5.41) is 16.6. The van der Waals surface area contributed by atoms with Crippen LogP contribution >= 0.6 is 0 Å². The number of rotatable bonds is 6. The number of ether oxygens (including phenoxy) is 1. The Morgan fingerprint density at radius 2 is 1.71 bits per heavy atom. The smallest absolute Gasteiger partial charge is 0.343 e. The van der Waals surface area contributed by atoms with Gasteiger partial charge in [-0.3, -0.25) is 14.9 Å². The molecule has 1 N–H and O–H groups in total. The van der Waals surface area contributed by atoms with Crippen molar-refractivity contribution in [2.75, 3.05) is 0 Å². The fourth-order valence-corrected chi connectivity index (χ4v) is 3.41. The third-order valence-corrected chi connectivity index (χ3v) is 5.07. The first-order valence-corrected chi connectivity index (χ1v) is 10.3. The van der Waals surface area contributed by atoms with E-state index in [0.29, 0.717) is 11.1 Å². The van der Waals surface area contributed by atoms with E-state index in [1.807, 2.05) is 43.3 Å². The van der Waals surface area contributed by atoms with Gasteiger partial charge in [-0.2, -0.15) is 5.10 Å². The fraction of sp³-hybridized carbons (Fsp3) is 0.0385. The zero-order valence-electron chi connectivity index (χ0n) is 18.1. The minimum atomic E-state index is -0.613.